The normalized spacial score (nSPS) is 12.3. The number of para-hydroxylation sites is 1. The SMILES string of the molecule is CC(NC(=O)CCc1c[nH]c2ccccc12)c1cc(F)ccc1F. The standard InChI is InChI=1S/C19H18F2N2O/c1-12(16-10-14(20)7-8-17(16)21)23-19(24)9-6-13-11-22-18-5-3-2-4-15(13)18/h2-5,7-8,10-12,22H,6,9H2,1H3,(H,23,24). The molecule has 1 amide bonds. The topological polar surface area (TPSA) is 44.9 Å². The Morgan fingerprint density at radius 1 is 1.21 bits per heavy atom. The number of aryl methyl sites for hydroxylation is 1. The van der Waals surface area contributed by atoms with Gasteiger partial charge in [0.15, 0.2) is 0 Å². The first-order valence-corrected chi connectivity index (χ1v) is 7.84. The minimum atomic E-state index is -0.587. The van der Waals surface area contributed by atoms with Gasteiger partial charge in [-0.3, -0.25) is 4.79 Å². The van der Waals surface area contributed by atoms with Crippen LogP contribution in [0.4, 0.5) is 8.78 Å². The molecule has 1 unspecified atom stereocenters. The number of aromatic nitrogens is 1. The molecule has 3 rings (SSSR count). The van der Waals surface area contributed by atoms with Crippen molar-refractivity contribution in [2.24, 2.45) is 0 Å². The maximum Gasteiger partial charge on any atom is 0.220 e. The van der Waals surface area contributed by atoms with E-state index in [9.17, 15) is 13.6 Å². The van der Waals surface area contributed by atoms with Crippen molar-refractivity contribution < 1.29 is 13.6 Å². The van der Waals surface area contributed by atoms with Crippen molar-refractivity contribution >= 4 is 16.8 Å². The van der Waals surface area contributed by atoms with E-state index in [1.807, 2.05) is 30.5 Å². The van der Waals surface area contributed by atoms with Gasteiger partial charge < -0.3 is 10.3 Å². The number of nitrogens with one attached hydrogen (secondary N) is 2. The van der Waals surface area contributed by atoms with E-state index in [2.05, 4.69) is 10.3 Å². The number of fused-ring (bicyclic) bond motifs is 1. The number of aromatic amines is 1. The molecule has 0 saturated carbocycles. The number of halogens is 2. The van der Waals surface area contributed by atoms with E-state index < -0.39 is 17.7 Å². The van der Waals surface area contributed by atoms with Crippen molar-refractivity contribution in [2.45, 2.75) is 25.8 Å². The number of carbonyl (C=O) groups excluding carboxylic acids is 1. The Hall–Kier alpha value is -2.69. The molecule has 2 N–H and O–H groups in total. The number of amides is 1. The molecule has 1 heterocycles. The van der Waals surface area contributed by atoms with Gasteiger partial charge >= 0.3 is 0 Å². The van der Waals surface area contributed by atoms with Gasteiger partial charge in [0.25, 0.3) is 0 Å². The molecule has 0 radical (unpaired) electrons. The van der Waals surface area contributed by atoms with Gasteiger partial charge in [-0.05, 0) is 43.2 Å². The van der Waals surface area contributed by atoms with Crippen molar-refractivity contribution in [3.63, 3.8) is 0 Å². The molecule has 1 aromatic heterocycles. The molecule has 0 saturated heterocycles. The second-order valence-electron chi connectivity index (χ2n) is 5.81. The van der Waals surface area contributed by atoms with Crippen LogP contribution in [0.2, 0.25) is 0 Å². The van der Waals surface area contributed by atoms with Crippen LogP contribution in [-0.4, -0.2) is 10.9 Å². The lowest BCUT2D eigenvalue weighted by Gasteiger charge is -2.15. The number of rotatable bonds is 5. The molecule has 5 heteroatoms. The van der Waals surface area contributed by atoms with Gasteiger partial charge in [0.2, 0.25) is 5.91 Å². The zero-order valence-corrected chi connectivity index (χ0v) is 13.3. The first kappa shape index (κ1) is 16.2. The zero-order chi connectivity index (χ0) is 17.1. The monoisotopic (exact) mass is 328 g/mol. The summed E-state index contributed by atoms with van der Waals surface area (Å²) >= 11 is 0. The van der Waals surface area contributed by atoms with Crippen LogP contribution in [0, 0.1) is 11.6 Å². The summed E-state index contributed by atoms with van der Waals surface area (Å²) in [6.07, 6.45) is 2.75. The maximum atomic E-state index is 13.7. The summed E-state index contributed by atoms with van der Waals surface area (Å²) < 4.78 is 27.0. The largest absolute Gasteiger partial charge is 0.361 e. The molecule has 124 valence electrons. The summed E-state index contributed by atoms with van der Waals surface area (Å²) in [7, 11) is 0. The lowest BCUT2D eigenvalue weighted by Crippen LogP contribution is -2.27. The van der Waals surface area contributed by atoms with Gasteiger partial charge in [0, 0.05) is 29.1 Å². The summed E-state index contributed by atoms with van der Waals surface area (Å²) in [4.78, 5) is 15.3. The van der Waals surface area contributed by atoms with E-state index in [0.717, 1.165) is 34.7 Å². The third-order valence-corrected chi connectivity index (χ3v) is 4.10. The van der Waals surface area contributed by atoms with E-state index in [1.165, 1.54) is 0 Å². The van der Waals surface area contributed by atoms with Crippen molar-refractivity contribution in [3.05, 3.63) is 71.4 Å². The summed E-state index contributed by atoms with van der Waals surface area (Å²) in [6.45, 7) is 1.64. The van der Waals surface area contributed by atoms with Gasteiger partial charge in [0.1, 0.15) is 11.6 Å². The number of H-pyrrole nitrogens is 1. The third kappa shape index (κ3) is 3.45. The van der Waals surface area contributed by atoms with Crippen LogP contribution in [0.15, 0.2) is 48.7 Å². The first-order valence-electron chi connectivity index (χ1n) is 7.84. The van der Waals surface area contributed by atoms with Crippen LogP contribution >= 0.6 is 0 Å². The molecule has 24 heavy (non-hydrogen) atoms. The van der Waals surface area contributed by atoms with E-state index in [4.69, 9.17) is 0 Å². The fraction of sp³-hybridized carbons (Fsp3) is 0.211. The summed E-state index contributed by atoms with van der Waals surface area (Å²) in [5.41, 5.74) is 2.24. The van der Waals surface area contributed by atoms with Gasteiger partial charge in [-0.2, -0.15) is 0 Å². The first-order chi connectivity index (χ1) is 11.5. The molecule has 2 aromatic carbocycles. The smallest absolute Gasteiger partial charge is 0.220 e. The molecule has 0 bridgehead atoms. The highest BCUT2D eigenvalue weighted by Gasteiger charge is 2.15. The number of hydrogen-bond acceptors (Lipinski definition) is 1. The Balaban J connectivity index is 1.62. The number of carbonyl (C=O) groups is 1. The highest BCUT2D eigenvalue weighted by molar-refractivity contribution is 5.84. The van der Waals surface area contributed by atoms with E-state index in [0.29, 0.717) is 6.42 Å². The molecule has 0 aliphatic carbocycles. The van der Waals surface area contributed by atoms with E-state index in [-0.39, 0.29) is 17.9 Å². The van der Waals surface area contributed by atoms with Crippen molar-refractivity contribution in [2.75, 3.05) is 0 Å². The van der Waals surface area contributed by atoms with Crippen LogP contribution in [0.5, 0.6) is 0 Å². The molecule has 3 nitrogen and oxygen atoms in total. The molecule has 0 fully saturated rings. The second-order valence-corrected chi connectivity index (χ2v) is 5.81. The van der Waals surface area contributed by atoms with Crippen molar-refractivity contribution in [3.8, 4) is 0 Å². The maximum absolute atomic E-state index is 13.7. The van der Waals surface area contributed by atoms with E-state index >= 15 is 0 Å². The molecule has 3 aromatic rings. The fourth-order valence-corrected chi connectivity index (χ4v) is 2.82. The Morgan fingerprint density at radius 3 is 2.83 bits per heavy atom. The lowest BCUT2D eigenvalue weighted by atomic mass is 10.1. The highest BCUT2D eigenvalue weighted by Crippen LogP contribution is 2.20. The van der Waals surface area contributed by atoms with Crippen LogP contribution in [0.25, 0.3) is 10.9 Å². The van der Waals surface area contributed by atoms with Gasteiger partial charge in [0.05, 0.1) is 6.04 Å². The van der Waals surface area contributed by atoms with Crippen molar-refractivity contribution in [1.29, 1.82) is 0 Å². The Labute approximate surface area is 138 Å². The lowest BCUT2D eigenvalue weighted by molar-refractivity contribution is -0.121. The molecule has 0 aliphatic heterocycles. The second kappa shape index (κ2) is 6.83. The fourth-order valence-electron chi connectivity index (χ4n) is 2.82. The van der Waals surface area contributed by atoms with Gasteiger partial charge in [-0.1, -0.05) is 18.2 Å². The third-order valence-electron chi connectivity index (χ3n) is 4.10. The Bertz CT molecular complexity index is 873. The molecule has 0 spiro atoms. The highest BCUT2D eigenvalue weighted by atomic mass is 19.1. The van der Waals surface area contributed by atoms with Crippen LogP contribution in [0.1, 0.15) is 30.5 Å². The number of hydrogen-bond donors (Lipinski definition) is 2. The Morgan fingerprint density at radius 2 is 2.00 bits per heavy atom. The zero-order valence-electron chi connectivity index (χ0n) is 13.3. The summed E-state index contributed by atoms with van der Waals surface area (Å²) in [5, 5.41) is 3.81. The molecule has 0 aliphatic rings. The van der Waals surface area contributed by atoms with Crippen LogP contribution < -0.4 is 5.32 Å². The predicted molar refractivity (Wildman–Crippen MR) is 89.5 cm³/mol. The summed E-state index contributed by atoms with van der Waals surface area (Å²) in [5.74, 6) is -1.25. The van der Waals surface area contributed by atoms with Gasteiger partial charge in [-0.25, -0.2) is 8.78 Å². The summed E-state index contributed by atoms with van der Waals surface area (Å²) in [6, 6.07) is 10.5. The van der Waals surface area contributed by atoms with E-state index in [1.54, 1.807) is 6.92 Å². The minimum absolute atomic E-state index is 0.149. The molecule has 1 atom stereocenters. The molecular formula is C19H18F2N2O. The Kier molecular flexibility index (Phi) is 4.60. The average Bonchev–Trinajstić information content (AvgIpc) is 2.98. The minimum Gasteiger partial charge on any atom is -0.361 e. The van der Waals surface area contributed by atoms with Crippen LogP contribution in [0.3, 0.4) is 0 Å². The average molecular weight is 328 g/mol. The number of benzene rings is 2. The quantitative estimate of drug-likeness (QED) is 0.722. The molecular weight excluding hydrogens is 310 g/mol. The van der Waals surface area contributed by atoms with Gasteiger partial charge in [-0.15, -0.1) is 0 Å². The predicted octanol–water partition coefficient (Wildman–Crippen LogP) is 4.26. The van der Waals surface area contributed by atoms with Crippen molar-refractivity contribution in [1.82, 2.24) is 10.3 Å². The van der Waals surface area contributed by atoms with Crippen LogP contribution in [-0.2, 0) is 11.2 Å².